The maximum Gasteiger partial charge on any atom is 0.0582 e. The fourth-order valence-corrected chi connectivity index (χ4v) is 2.41. The first-order valence-corrected chi connectivity index (χ1v) is 6.00. The summed E-state index contributed by atoms with van der Waals surface area (Å²) >= 11 is 0. The van der Waals surface area contributed by atoms with E-state index in [1.807, 2.05) is 12.4 Å². The third-order valence-electron chi connectivity index (χ3n) is 3.55. The van der Waals surface area contributed by atoms with Crippen molar-refractivity contribution in [3.05, 3.63) is 24.0 Å². The monoisotopic (exact) mass is 219 g/mol. The number of aromatic nitrogens is 1. The van der Waals surface area contributed by atoms with Crippen molar-refractivity contribution in [2.45, 2.75) is 25.8 Å². The SMILES string of the molecule is Cc1ccncc1N1CCC(N(C)C)CC1. The standard InChI is InChI=1S/C13H21N3/c1-11-4-7-14-10-13(11)16-8-5-12(6-9-16)15(2)3/h4,7,10,12H,5-6,8-9H2,1-3H3. The smallest absolute Gasteiger partial charge is 0.0582 e. The molecule has 0 saturated carbocycles. The van der Waals surface area contributed by atoms with E-state index in [1.54, 1.807) is 0 Å². The van der Waals surface area contributed by atoms with Crippen LogP contribution in [0, 0.1) is 6.92 Å². The minimum absolute atomic E-state index is 0.744. The molecule has 0 aromatic carbocycles. The van der Waals surface area contributed by atoms with Crippen LogP contribution in [-0.4, -0.2) is 43.1 Å². The van der Waals surface area contributed by atoms with E-state index in [2.05, 4.69) is 41.9 Å². The Kier molecular flexibility index (Phi) is 3.44. The van der Waals surface area contributed by atoms with Crippen molar-refractivity contribution in [1.29, 1.82) is 0 Å². The number of hydrogen-bond acceptors (Lipinski definition) is 3. The number of aryl methyl sites for hydroxylation is 1. The van der Waals surface area contributed by atoms with Crippen LogP contribution in [0.2, 0.25) is 0 Å². The van der Waals surface area contributed by atoms with Crippen LogP contribution in [0.25, 0.3) is 0 Å². The van der Waals surface area contributed by atoms with E-state index in [4.69, 9.17) is 0 Å². The lowest BCUT2D eigenvalue weighted by Crippen LogP contribution is -2.42. The van der Waals surface area contributed by atoms with Crippen molar-refractivity contribution < 1.29 is 0 Å². The van der Waals surface area contributed by atoms with Crippen LogP contribution in [0.3, 0.4) is 0 Å². The van der Waals surface area contributed by atoms with Crippen molar-refractivity contribution in [3.8, 4) is 0 Å². The summed E-state index contributed by atoms with van der Waals surface area (Å²) < 4.78 is 0. The highest BCUT2D eigenvalue weighted by Crippen LogP contribution is 2.23. The Morgan fingerprint density at radius 1 is 1.31 bits per heavy atom. The van der Waals surface area contributed by atoms with Gasteiger partial charge in [0.15, 0.2) is 0 Å². The van der Waals surface area contributed by atoms with Gasteiger partial charge in [0.25, 0.3) is 0 Å². The number of rotatable bonds is 2. The number of hydrogen-bond donors (Lipinski definition) is 0. The molecule has 1 aliphatic heterocycles. The number of pyridine rings is 1. The quantitative estimate of drug-likeness (QED) is 0.757. The molecule has 0 aliphatic carbocycles. The van der Waals surface area contributed by atoms with Crippen LogP contribution >= 0.6 is 0 Å². The van der Waals surface area contributed by atoms with E-state index in [-0.39, 0.29) is 0 Å². The fraction of sp³-hybridized carbons (Fsp3) is 0.615. The maximum atomic E-state index is 4.22. The van der Waals surface area contributed by atoms with Crippen molar-refractivity contribution in [2.24, 2.45) is 0 Å². The predicted molar refractivity (Wildman–Crippen MR) is 67.9 cm³/mol. The van der Waals surface area contributed by atoms with Crippen LogP contribution in [0.4, 0.5) is 5.69 Å². The van der Waals surface area contributed by atoms with Crippen molar-refractivity contribution >= 4 is 5.69 Å². The molecule has 1 aliphatic rings. The summed E-state index contributed by atoms with van der Waals surface area (Å²) in [6, 6.07) is 2.83. The largest absolute Gasteiger partial charge is 0.370 e. The number of nitrogens with zero attached hydrogens (tertiary/aromatic N) is 3. The molecule has 2 heterocycles. The molecule has 0 atom stereocenters. The first kappa shape index (κ1) is 11.4. The van der Waals surface area contributed by atoms with Gasteiger partial charge in [0.1, 0.15) is 0 Å². The summed E-state index contributed by atoms with van der Waals surface area (Å²) in [5.41, 5.74) is 2.64. The summed E-state index contributed by atoms with van der Waals surface area (Å²) in [5, 5.41) is 0. The Hall–Kier alpha value is -1.09. The lowest BCUT2D eigenvalue weighted by atomic mass is 10.0. The van der Waals surface area contributed by atoms with Gasteiger partial charge in [-0.1, -0.05) is 0 Å². The summed E-state index contributed by atoms with van der Waals surface area (Å²) in [4.78, 5) is 9.02. The summed E-state index contributed by atoms with van der Waals surface area (Å²) in [6.45, 7) is 4.46. The van der Waals surface area contributed by atoms with E-state index in [0.29, 0.717) is 0 Å². The highest BCUT2D eigenvalue weighted by Gasteiger charge is 2.21. The van der Waals surface area contributed by atoms with Gasteiger partial charge in [0.05, 0.1) is 11.9 Å². The Labute approximate surface area is 98.1 Å². The molecule has 1 aromatic rings. The Morgan fingerprint density at radius 2 is 2.00 bits per heavy atom. The lowest BCUT2D eigenvalue weighted by molar-refractivity contribution is 0.249. The number of anilines is 1. The van der Waals surface area contributed by atoms with Gasteiger partial charge in [-0.2, -0.15) is 0 Å². The van der Waals surface area contributed by atoms with Gasteiger partial charge in [-0.05, 0) is 45.5 Å². The highest BCUT2D eigenvalue weighted by atomic mass is 15.2. The van der Waals surface area contributed by atoms with Crippen LogP contribution in [0.15, 0.2) is 18.5 Å². The van der Waals surface area contributed by atoms with Crippen molar-refractivity contribution in [2.75, 3.05) is 32.1 Å². The molecule has 1 aromatic heterocycles. The zero-order valence-corrected chi connectivity index (χ0v) is 10.5. The summed E-state index contributed by atoms with van der Waals surface area (Å²) in [6.07, 6.45) is 6.36. The maximum absolute atomic E-state index is 4.22. The third-order valence-corrected chi connectivity index (χ3v) is 3.55. The minimum atomic E-state index is 0.744. The fourth-order valence-electron chi connectivity index (χ4n) is 2.41. The molecular weight excluding hydrogens is 198 g/mol. The zero-order valence-electron chi connectivity index (χ0n) is 10.5. The Bertz CT molecular complexity index is 341. The van der Waals surface area contributed by atoms with Gasteiger partial charge >= 0.3 is 0 Å². The Morgan fingerprint density at radius 3 is 2.56 bits per heavy atom. The molecule has 1 fully saturated rings. The van der Waals surface area contributed by atoms with Crippen LogP contribution in [0.1, 0.15) is 18.4 Å². The second kappa shape index (κ2) is 4.83. The normalized spacial score (nSPS) is 18.1. The van der Waals surface area contributed by atoms with Crippen LogP contribution < -0.4 is 4.90 Å². The molecule has 0 unspecified atom stereocenters. The molecule has 2 rings (SSSR count). The molecule has 0 spiro atoms. The van der Waals surface area contributed by atoms with Gasteiger partial charge in [-0.15, -0.1) is 0 Å². The van der Waals surface area contributed by atoms with E-state index in [9.17, 15) is 0 Å². The average molecular weight is 219 g/mol. The molecule has 0 radical (unpaired) electrons. The van der Waals surface area contributed by atoms with E-state index < -0.39 is 0 Å². The number of piperidine rings is 1. The van der Waals surface area contributed by atoms with Crippen molar-refractivity contribution in [1.82, 2.24) is 9.88 Å². The van der Waals surface area contributed by atoms with E-state index >= 15 is 0 Å². The van der Waals surface area contributed by atoms with Crippen LogP contribution in [0.5, 0.6) is 0 Å². The second-order valence-electron chi connectivity index (χ2n) is 4.84. The summed E-state index contributed by atoms with van der Waals surface area (Å²) in [7, 11) is 4.35. The minimum Gasteiger partial charge on any atom is -0.370 e. The van der Waals surface area contributed by atoms with Gasteiger partial charge in [0.2, 0.25) is 0 Å². The molecule has 1 saturated heterocycles. The highest BCUT2D eigenvalue weighted by molar-refractivity contribution is 5.51. The topological polar surface area (TPSA) is 19.4 Å². The lowest BCUT2D eigenvalue weighted by Gasteiger charge is -2.36. The molecule has 3 nitrogen and oxygen atoms in total. The van der Waals surface area contributed by atoms with E-state index in [0.717, 1.165) is 19.1 Å². The van der Waals surface area contributed by atoms with Gasteiger partial charge in [0, 0.05) is 25.3 Å². The molecule has 0 amide bonds. The van der Waals surface area contributed by atoms with Gasteiger partial charge in [-0.25, -0.2) is 0 Å². The molecule has 16 heavy (non-hydrogen) atoms. The van der Waals surface area contributed by atoms with Gasteiger partial charge in [-0.3, -0.25) is 4.98 Å². The summed E-state index contributed by atoms with van der Waals surface area (Å²) in [5.74, 6) is 0. The van der Waals surface area contributed by atoms with Crippen molar-refractivity contribution in [3.63, 3.8) is 0 Å². The predicted octanol–water partition coefficient (Wildman–Crippen LogP) is 1.92. The molecular formula is C13H21N3. The first-order valence-electron chi connectivity index (χ1n) is 6.00. The van der Waals surface area contributed by atoms with E-state index in [1.165, 1.54) is 24.1 Å². The Balaban J connectivity index is 2.02. The first-order chi connectivity index (χ1) is 7.68. The third kappa shape index (κ3) is 2.35. The van der Waals surface area contributed by atoms with Gasteiger partial charge < -0.3 is 9.80 Å². The molecule has 88 valence electrons. The zero-order chi connectivity index (χ0) is 11.5. The molecule has 0 bridgehead atoms. The molecule has 0 N–H and O–H groups in total. The second-order valence-corrected chi connectivity index (χ2v) is 4.84. The van der Waals surface area contributed by atoms with Crippen LogP contribution in [-0.2, 0) is 0 Å². The molecule has 3 heteroatoms. The average Bonchev–Trinajstić information content (AvgIpc) is 2.30.